The highest BCUT2D eigenvalue weighted by Crippen LogP contribution is 2.49. The maximum atomic E-state index is 11.3. The maximum Gasteiger partial charge on any atom is 0.408 e. The van der Waals surface area contributed by atoms with Crippen LogP contribution in [-0.4, -0.2) is 62.7 Å². The molecule has 0 bridgehead atoms. The van der Waals surface area contributed by atoms with Gasteiger partial charge in [-0.15, -0.1) is 0 Å². The van der Waals surface area contributed by atoms with E-state index in [1.165, 1.54) is 13.8 Å². The van der Waals surface area contributed by atoms with Crippen LogP contribution in [0.4, 0.5) is 10.5 Å². The van der Waals surface area contributed by atoms with Crippen LogP contribution in [-0.2, 0) is 4.74 Å². The second-order valence-electron chi connectivity index (χ2n) is 7.30. The summed E-state index contributed by atoms with van der Waals surface area (Å²) in [5, 5.41) is 32.5. The van der Waals surface area contributed by atoms with Gasteiger partial charge in [0.2, 0.25) is 0 Å². The third kappa shape index (κ3) is 3.27. The lowest BCUT2D eigenvalue weighted by Crippen LogP contribution is -2.72. The minimum atomic E-state index is -1.78. The normalized spacial score (nSPS) is 37.4. The van der Waals surface area contributed by atoms with Crippen molar-refractivity contribution in [2.45, 2.75) is 56.1 Å². The van der Waals surface area contributed by atoms with Crippen molar-refractivity contribution in [3.63, 3.8) is 0 Å². The summed E-state index contributed by atoms with van der Waals surface area (Å²) >= 11 is 0. The number of nitrogens with one attached hydrogen (secondary N) is 1. The number of ether oxygens (including phenoxy) is 1. The average molecular weight is 381 g/mol. The maximum absolute atomic E-state index is 11.3. The summed E-state index contributed by atoms with van der Waals surface area (Å²) in [5.74, 6) is 0.0484. The van der Waals surface area contributed by atoms with Crippen LogP contribution in [0.3, 0.4) is 0 Å². The number of hydrogen-bond acceptors (Lipinski definition) is 8. The molecular weight excluding hydrogens is 354 g/mol. The zero-order chi connectivity index (χ0) is 20.6. The molecule has 1 aliphatic heterocycles. The van der Waals surface area contributed by atoms with Crippen molar-refractivity contribution in [2.24, 2.45) is 5.73 Å². The number of nitrogen functional groups attached to an aromatic ring is 1. The first kappa shape index (κ1) is 21.1. The molecule has 2 aliphatic rings. The number of aliphatic hydroxyl groups is 3. The van der Waals surface area contributed by atoms with Gasteiger partial charge in [0.05, 0.1) is 6.61 Å². The number of alkyl carbamates (subject to hydrolysis) is 1. The van der Waals surface area contributed by atoms with Crippen molar-refractivity contribution < 1.29 is 29.6 Å². The van der Waals surface area contributed by atoms with Crippen molar-refractivity contribution in [1.82, 2.24) is 5.32 Å². The number of hydrogen-bond donors (Lipinski definition) is 6. The van der Waals surface area contributed by atoms with Gasteiger partial charge in [-0.2, -0.15) is 0 Å². The van der Waals surface area contributed by atoms with Gasteiger partial charge in [0.15, 0.2) is 5.78 Å². The third-order valence-electron chi connectivity index (χ3n) is 5.64. The summed E-state index contributed by atoms with van der Waals surface area (Å²) in [7, 11) is 0. The lowest BCUT2D eigenvalue weighted by Gasteiger charge is -2.44. The molecule has 1 aromatic carbocycles. The molecule has 0 aromatic heterocycles. The fourth-order valence-electron chi connectivity index (χ4n) is 3.91. The van der Waals surface area contributed by atoms with Crippen LogP contribution in [0.25, 0.3) is 0 Å². The Hall–Kier alpha value is -2.20. The Morgan fingerprint density at radius 1 is 1.41 bits per heavy atom. The Balaban J connectivity index is 0.000000223. The number of ketones is 1. The first-order valence-electron chi connectivity index (χ1n) is 8.57. The van der Waals surface area contributed by atoms with E-state index >= 15 is 0 Å². The number of aliphatic hydroxyl groups excluding tert-OH is 1. The van der Waals surface area contributed by atoms with Crippen LogP contribution in [0, 0.1) is 0 Å². The van der Waals surface area contributed by atoms with E-state index in [1.807, 2.05) is 0 Å². The number of carbonyl (C=O) groups is 2. The average Bonchev–Trinajstić information content (AvgIpc) is 2.97. The minimum Gasteiger partial charge on any atom is -0.444 e. The highest BCUT2D eigenvalue weighted by molar-refractivity contribution is 5.94. The summed E-state index contributed by atoms with van der Waals surface area (Å²) in [6, 6.07) is 6.23. The Labute approximate surface area is 157 Å². The Bertz CT molecular complexity index is 740. The van der Waals surface area contributed by atoms with Gasteiger partial charge < -0.3 is 36.8 Å². The van der Waals surface area contributed by atoms with E-state index in [0.717, 1.165) is 0 Å². The molecule has 9 heteroatoms. The topological polar surface area (TPSA) is 168 Å². The molecule has 3 rings (SSSR count). The van der Waals surface area contributed by atoms with Gasteiger partial charge in [-0.3, -0.25) is 4.79 Å². The zero-order valence-electron chi connectivity index (χ0n) is 15.6. The van der Waals surface area contributed by atoms with Crippen molar-refractivity contribution in [2.75, 3.05) is 12.3 Å². The Morgan fingerprint density at radius 2 is 2.04 bits per heavy atom. The molecule has 0 radical (unpaired) electrons. The number of carbonyl (C=O) groups excluding carboxylic acids is 2. The molecule has 2 fully saturated rings. The molecule has 1 amide bonds. The van der Waals surface area contributed by atoms with E-state index in [-0.39, 0.29) is 12.2 Å². The monoisotopic (exact) mass is 381 g/mol. The number of rotatable bonds is 2. The molecule has 8 N–H and O–H groups in total. The lowest BCUT2D eigenvalue weighted by molar-refractivity contribution is -0.174. The van der Waals surface area contributed by atoms with Gasteiger partial charge in [-0.05, 0) is 39.3 Å². The highest BCUT2D eigenvalue weighted by atomic mass is 16.6. The van der Waals surface area contributed by atoms with E-state index in [1.54, 1.807) is 31.2 Å². The number of benzene rings is 1. The SMILES string of the molecule is CC(=O)c1cccc(N)c1.C[C@@H]1OC(=O)N[C@]12[C@@H](N)C[C@](O)(CO)[C@]2(C)O. The molecular formula is C18H27N3O6. The number of nitrogens with two attached hydrogens (primary N) is 2. The van der Waals surface area contributed by atoms with Crippen molar-refractivity contribution in [1.29, 1.82) is 0 Å². The molecule has 5 atom stereocenters. The van der Waals surface area contributed by atoms with E-state index in [0.29, 0.717) is 11.3 Å². The predicted molar refractivity (Wildman–Crippen MR) is 97.9 cm³/mol. The second kappa shape index (κ2) is 7.08. The fourth-order valence-corrected chi connectivity index (χ4v) is 3.91. The van der Waals surface area contributed by atoms with Gasteiger partial charge in [0.25, 0.3) is 0 Å². The van der Waals surface area contributed by atoms with Crippen molar-refractivity contribution in [3.05, 3.63) is 29.8 Å². The second-order valence-corrected chi connectivity index (χ2v) is 7.30. The number of amides is 1. The van der Waals surface area contributed by atoms with Gasteiger partial charge in [-0.25, -0.2) is 4.79 Å². The fraction of sp³-hybridized carbons (Fsp3) is 0.556. The molecule has 27 heavy (non-hydrogen) atoms. The van der Waals surface area contributed by atoms with Crippen LogP contribution in [0.1, 0.15) is 37.6 Å². The summed E-state index contributed by atoms with van der Waals surface area (Å²) in [4.78, 5) is 22.0. The van der Waals surface area contributed by atoms with E-state index < -0.39 is 41.6 Å². The largest absolute Gasteiger partial charge is 0.444 e. The predicted octanol–water partition coefficient (Wildman–Crippen LogP) is -0.470. The van der Waals surface area contributed by atoms with Crippen molar-refractivity contribution >= 4 is 17.6 Å². The molecule has 1 saturated heterocycles. The smallest absolute Gasteiger partial charge is 0.408 e. The van der Waals surface area contributed by atoms with Crippen LogP contribution < -0.4 is 16.8 Å². The zero-order valence-corrected chi connectivity index (χ0v) is 15.6. The van der Waals surface area contributed by atoms with E-state index in [2.05, 4.69) is 5.32 Å². The molecule has 150 valence electrons. The van der Waals surface area contributed by atoms with Crippen LogP contribution >= 0.6 is 0 Å². The quantitative estimate of drug-likeness (QED) is 0.295. The third-order valence-corrected chi connectivity index (χ3v) is 5.64. The first-order valence-corrected chi connectivity index (χ1v) is 8.57. The Morgan fingerprint density at radius 3 is 2.41 bits per heavy atom. The lowest BCUT2D eigenvalue weighted by atomic mass is 9.74. The molecule has 1 spiro atoms. The van der Waals surface area contributed by atoms with Crippen LogP contribution in [0.2, 0.25) is 0 Å². The van der Waals surface area contributed by atoms with E-state index in [4.69, 9.17) is 16.2 Å². The summed E-state index contributed by atoms with van der Waals surface area (Å²) < 4.78 is 4.96. The summed E-state index contributed by atoms with van der Waals surface area (Å²) in [5.41, 5.74) is 7.84. The minimum absolute atomic E-state index is 0.0233. The Kier molecular flexibility index (Phi) is 5.53. The van der Waals surface area contributed by atoms with Gasteiger partial charge in [0, 0.05) is 17.3 Å². The van der Waals surface area contributed by atoms with Crippen molar-refractivity contribution in [3.8, 4) is 0 Å². The number of Topliss-reactive ketones (excluding diaryl/α,β-unsaturated/α-hetero) is 1. The summed E-state index contributed by atoms with van der Waals surface area (Å²) in [6.07, 6.45) is -1.40. The van der Waals surface area contributed by atoms with Gasteiger partial charge in [0.1, 0.15) is 22.8 Å². The summed E-state index contributed by atoms with van der Waals surface area (Å²) in [6.45, 7) is 3.82. The van der Waals surface area contributed by atoms with E-state index in [9.17, 15) is 24.9 Å². The molecule has 9 nitrogen and oxygen atoms in total. The number of cyclic esters (lactones) is 1. The molecule has 0 unspecified atom stereocenters. The molecule has 1 heterocycles. The first-order chi connectivity index (χ1) is 12.4. The molecule has 1 saturated carbocycles. The van der Waals surface area contributed by atoms with Crippen LogP contribution in [0.15, 0.2) is 24.3 Å². The number of anilines is 1. The van der Waals surface area contributed by atoms with Gasteiger partial charge in [-0.1, -0.05) is 12.1 Å². The van der Waals surface area contributed by atoms with Gasteiger partial charge >= 0.3 is 6.09 Å². The molecule has 1 aliphatic carbocycles. The standard InChI is InChI=1S/C10H18N2O5.C8H9NO/c1-5-10(12-7(14)17-5)6(11)3-9(16,4-13)8(10,2)15;1-6(10)7-3-2-4-8(9)5-7/h5-6,13,15-16H,3-4,11H2,1-2H3,(H,12,14);2-5H,9H2,1H3/t5-,6-,8-,9-,10-;/m0./s1. The molecule has 1 aromatic rings. The highest BCUT2D eigenvalue weighted by Gasteiger charge is 2.73. The van der Waals surface area contributed by atoms with Crippen LogP contribution in [0.5, 0.6) is 0 Å².